The molecule has 2 N–H and O–H groups in total. The van der Waals surface area contributed by atoms with E-state index in [2.05, 4.69) is 27.1 Å². The molecule has 0 amide bonds. The van der Waals surface area contributed by atoms with E-state index < -0.39 is 11.2 Å². The number of aryl methyl sites for hydroxylation is 1. The number of hydrogen-bond acceptors (Lipinski definition) is 5. The van der Waals surface area contributed by atoms with Crippen molar-refractivity contribution in [1.29, 1.82) is 0 Å². The maximum Gasteiger partial charge on any atom is 0.329 e. The molecule has 0 radical (unpaired) electrons. The third-order valence-electron chi connectivity index (χ3n) is 3.90. The lowest BCUT2D eigenvalue weighted by Crippen LogP contribution is -2.29. The Balaban J connectivity index is 2.07. The second-order valence-electron chi connectivity index (χ2n) is 5.64. The lowest BCUT2D eigenvalue weighted by molar-refractivity contribution is 0.819. The molecule has 9 heteroatoms. The van der Waals surface area contributed by atoms with Crippen molar-refractivity contribution in [2.75, 3.05) is 5.43 Å². The Kier molecular flexibility index (Phi) is 4.77. The number of H-pyrrole nitrogens is 1. The zero-order chi connectivity index (χ0) is 18.8. The minimum absolute atomic E-state index is 0.266. The van der Waals surface area contributed by atoms with Crippen LogP contribution < -0.4 is 16.7 Å². The topological polar surface area (TPSA) is 97.1 Å². The fourth-order valence-electron chi connectivity index (χ4n) is 2.52. The van der Waals surface area contributed by atoms with Gasteiger partial charge in [0.2, 0.25) is 5.95 Å². The summed E-state index contributed by atoms with van der Waals surface area (Å²) in [5.41, 5.74) is 3.96. The van der Waals surface area contributed by atoms with Gasteiger partial charge in [0.25, 0.3) is 5.56 Å². The van der Waals surface area contributed by atoms with Crippen LogP contribution in [0.25, 0.3) is 11.2 Å². The molecule has 0 unspecified atom stereocenters. The second-order valence-corrected chi connectivity index (χ2v) is 6.08. The number of benzene rings is 1. The molecule has 0 atom stereocenters. The zero-order valence-corrected chi connectivity index (χ0v) is 15.0. The summed E-state index contributed by atoms with van der Waals surface area (Å²) in [6.45, 7) is 5.86. The van der Waals surface area contributed by atoms with E-state index in [0.717, 1.165) is 5.56 Å². The monoisotopic (exact) mass is 372 g/mol. The Morgan fingerprint density at radius 3 is 2.73 bits per heavy atom. The highest BCUT2D eigenvalue weighted by Crippen LogP contribution is 2.16. The molecule has 0 saturated carbocycles. The molecule has 0 aliphatic rings. The van der Waals surface area contributed by atoms with Crippen LogP contribution in [0.3, 0.4) is 0 Å². The number of aromatic nitrogens is 4. The highest BCUT2D eigenvalue weighted by molar-refractivity contribution is 6.30. The summed E-state index contributed by atoms with van der Waals surface area (Å²) in [6, 6.07) is 7.25. The first-order chi connectivity index (χ1) is 12.4. The van der Waals surface area contributed by atoms with Gasteiger partial charge in [0.1, 0.15) is 0 Å². The summed E-state index contributed by atoms with van der Waals surface area (Å²) < 4.78 is 2.89. The highest BCUT2D eigenvalue weighted by atomic mass is 35.5. The van der Waals surface area contributed by atoms with E-state index >= 15 is 0 Å². The minimum Gasteiger partial charge on any atom is -0.299 e. The lowest BCUT2D eigenvalue weighted by Gasteiger charge is -2.06. The van der Waals surface area contributed by atoms with Crippen molar-refractivity contribution in [2.24, 2.45) is 12.1 Å². The average molecular weight is 373 g/mol. The van der Waals surface area contributed by atoms with Gasteiger partial charge in [-0.15, -0.1) is 6.58 Å². The van der Waals surface area contributed by atoms with E-state index in [4.69, 9.17) is 11.6 Å². The van der Waals surface area contributed by atoms with Gasteiger partial charge >= 0.3 is 5.69 Å². The van der Waals surface area contributed by atoms with E-state index in [1.54, 1.807) is 22.8 Å². The first-order valence-corrected chi connectivity index (χ1v) is 8.17. The summed E-state index contributed by atoms with van der Waals surface area (Å²) in [7, 11) is 1.54. The van der Waals surface area contributed by atoms with Crippen molar-refractivity contribution in [3.8, 4) is 0 Å². The number of nitrogens with one attached hydrogen (secondary N) is 2. The molecule has 134 valence electrons. The number of nitrogens with zero attached hydrogens (tertiary/aromatic N) is 4. The molecule has 3 aromatic rings. The van der Waals surface area contributed by atoms with E-state index in [1.165, 1.54) is 11.6 Å². The Hall–Kier alpha value is -3.13. The molecule has 0 aliphatic carbocycles. The van der Waals surface area contributed by atoms with Gasteiger partial charge in [-0.1, -0.05) is 29.8 Å². The van der Waals surface area contributed by atoms with Crippen LogP contribution in [0.15, 0.2) is 51.6 Å². The van der Waals surface area contributed by atoms with Crippen molar-refractivity contribution in [3.63, 3.8) is 0 Å². The Bertz CT molecular complexity index is 1120. The first-order valence-electron chi connectivity index (χ1n) is 7.79. The molecule has 3 rings (SSSR count). The zero-order valence-electron chi connectivity index (χ0n) is 14.3. The normalized spacial score (nSPS) is 11.7. The molecule has 0 saturated heterocycles. The quantitative estimate of drug-likeness (QED) is 0.407. The SMILES string of the molecule is C=CCn1c(NN=C(C)c2ccc(Cl)cc2)nc2c1c(=O)[nH]c(=O)n2C. The maximum absolute atomic E-state index is 12.2. The number of halogens is 1. The van der Waals surface area contributed by atoms with Crippen molar-refractivity contribution >= 4 is 34.4 Å². The Labute approximate surface area is 153 Å². The second kappa shape index (κ2) is 7.01. The summed E-state index contributed by atoms with van der Waals surface area (Å²) >= 11 is 5.89. The largest absolute Gasteiger partial charge is 0.329 e. The maximum atomic E-state index is 12.2. The summed E-state index contributed by atoms with van der Waals surface area (Å²) in [5, 5.41) is 4.96. The molecular weight excluding hydrogens is 356 g/mol. The average Bonchev–Trinajstić information content (AvgIpc) is 2.98. The molecule has 2 heterocycles. The van der Waals surface area contributed by atoms with Crippen LogP contribution in [-0.2, 0) is 13.6 Å². The minimum atomic E-state index is -0.529. The molecule has 0 aliphatic heterocycles. The van der Waals surface area contributed by atoms with Crippen LogP contribution >= 0.6 is 11.6 Å². The number of allylic oxidation sites excluding steroid dienone is 1. The van der Waals surface area contributed by atoms with Crippen molar-refractivity contribution in [3.05, 3.63) is 68.3 Å². The summed E-state index contributed by atoms with van der Waals surface area (Å²) in [5.74, 6) is 0.333. The van der Waals surface area contributed by atoms with Crippen molar-refractivity contribution < 1.29 is 0 Å². The van der Waals surface area contributed by atoms with Crippen LogP contribution in [0, 0.1) is 0 Å². The molecule has 26 heavy (non-hydrogen) atoms. The molecule has 2 aromatic heterocycles. The number of fused-ring (bicyclic) bond motifs is 1. The van der Waals surface area contributed by atoms with E-state index in [-0.39, 0.29) is 11.2 Å². The number of hydrazone groups is 1. The fourth-order valence-corrected chi connectivity index (χ4v) is 2.64. The lowest BCUT2D eigenvalue weighted by atomic mass is 10.1. The van der Waals surface area contributed by atoms with Gasteiger partial charge in [-0.05, 0) is 24.6 Å². The third-order valence-corrected chi connectivity index (χ3v) is 4.16. The highest BCUT2D eigenvalue weighted by Gasteiger charge is 2.16. The van der Waals surface area contributed by atoms with Gasteiger partial charge in [-0.2, -0.15) is 10.1 Å². The number of imidazole rings is 1. The number of aromatic amines is 1. The predicted molar refractivity (Wildman–Crippen MR) is 103 cm³/mol. The van der Waals surface area contributed by atoms with Gasteiger partial charge in [0, 0.05) is 18.6 Å². The molecular formula is C17H17ClN6O2. The van der Waals surface area contributed by atoms with Gasteiger partial charge in [-0.3, -0.25) is 18.9 Å². The summed E-state index contributed by atoms with van der Waals surface area (Å²) in [4.78, 5) is 30.6. The van der Waals surface area contributed by atoms with Crippen molar-refractivity contribution in [1.82, 2.24) is 19.1 Å². The van der Waals surface area contributed by atoms with E-state index in [9.17, 15) is 9.59 Å². The Morgan fingerprint density at radius 2 is 2.08 bits per heavy atom. The fraction of sp³-hybridized carbons (Fsp3) is 0.176. The Morgan fingerprint density at radius 1 is 1.38 bits per heavy atom. The van der Waals surface area contributed by atoms with Crippen LogP contribution in [0.5, 0.6) is 0 Å². The first kappa shape index (κ1) is 17.7. The molecule has 0 fully saturated rings. The molecule has 0 spiro atoms. The smallest absolute Gasteiger partial charge is 0.299 e. The van der Waals surface area contributed by atoms with Gasteiger partial charge in [0.15, 0.2) is 11.2 Å². The van der Waals surface area contributed by atoms with Crippen LogP contribution in [0.4, 0.5) is 5.95 Å². The van der Waals surface area contributed by atoms with Crippen LogP contribution in [-0.4, -0.2) is 24.8 Å². The van der Waals surface area contributed by atoms with E-state index in [0.29, 0.717) is 23.2 Å². The number of rotatable bonds is 5. The van der Waals surface area contributed by atoms with Crippen molar-refractivity contribution in [2.45, 2.75) is 13.5 Å². The van der Waals surface area contributed by atoms with E-state index in [1.807, 2.05) is 19.1 Å². The number of hydrogen-bond donors (Lipinski definition) is 2. The summed E-state index contributed by atoms with van der Waals surface area (Å²) in [6.07, 6.45) is 1.63. The molecule has 8 nitrogen and oxygen atoms in total. The predicted octanol–water partition coefficient (Wildman–Crippen LogP) is 2.10. The third kappa shape index (κ3) is 3.18. The van der Waals surface area contributed by atoms with Gasteiger partial charge in [-0.25, -0.2) is 10.2 Å². The van der Waals surface area contributed by atoms with Crippen LogP contribution in [0.1, 0.15) is 12.5 Å². The van der Waals surface area contributed by atoms with Crippen LogP contribution in [0.2, 0.25) is 5.02 Å². The standard InChI is InChI=1S/C17H17ClN6O2/c1-4-9-24-13-14(23(3)17(26)20-15(13)25)19-16(24)22-21-10(2)11-5-7-12(18)8-6-11/h4-8H,1,9H2,2-3H3,(H,19,22)(H,20,25,26). The number of anilines is 1. The molecule has 1 aromatic carbocycles. The van der Waals surface area contributed by atoms with Gasteiger partial charge in [0.05, 0.1) is 5.71 Å². The molecule has 0 bridgehead atoms. The van der Waals surface area contributed by atoms with Gasteiger partial charge < -0.3 is 0 Å².